The summed E-state index contributed by atoms with van der Waals surface area (Å²) in [5, 5.41) is 1.80. The van der Waals surface area contributed by atoms with E-state index < -0.39 is 0 Å². The molecule has 0 bridgehead atoms. The second-order valence-electron chi connectivity index (χ2n) is 5.54. The highest BCUT2D eigenvalue weighted by Gasteiger charge is 2.19. The number of hydrazine groups is 1. The lowest BCUT2D eigenvalue weighted by Crippen LogP contribution is -2.15. The molecule has 0 unspecified atom stereocenters. The van der Waals surface area contributed by atoms with E-state index >= 15 is 0 Å². The van der Waals surface area contributed by atoms with Crippen LogP contribution < -0.4 is 11.3 Å². The Kier molecular flexibility index (Phi) is 5.05. The van der Waals surface area contributed by atoms with E-state index in [4.69, 9.17) is 10.8 Å². The predicted octanol–water partition coefficient (Wildman–Crippen LogP) is 3.62. The first-order chi connectivity index (χ1) is 9.11. The summed E-state index contributed by atoms with van der Waals surface area (Å²) in [4.78, 5) is 9.21. The molecule has 0 aromatic carbocycles. The van der Waals surface area contributed by atoms with Gasteiger partial charge in [-0.1, -0.05) is 33.1 Å². The van der Waals surface area contributed by atoms with Gasteiger partial charge in [0.25, 0.3) is 0 Å². The van der Waals surface area contributed by atoms with Gasteiger partial charge in [-0.3, -0.25) is 0 Å². The summed E-state index contributed by atoms with van der Waals surface area (Å²) in [6.45, 7) is 6.27. The van der Waals surface area contributed by atoms with Gasteiger partial charge in [-0.2, -0.15) is 0 Å². The van der Waals surface area contributed by atoms with Crippen LogP contribution >= 0.6 is 11.8 Å². The first-order valence-corrected chi connectivity index (χ1v) is 8.01. The van der Waals surface area contributed by atoms with Crippen molar-refractivity contribution in [3.8, 4) is 0 Å². The second kappa shape index (κ2) is 6.57. The molecule has 0 radical (unpaired) electrons. The monoisotopic (exact) mass is 280 g/mol. The van der Waals surface area contributed by atoms with Gasteiger partial charge in [0, 0.05) is 16.7 Å². The lowest BCUT2D eigenvalue weighted by molar-refractivity contribution is 0.515. The van der Waals surface area contributed by atoms with Crippen molar-refractivity contribution in [2.75, 3.05) is 5.43 Å². The Labute approximate surface area is 119 Å². The molecular formula is C14H24N4S. The summed E-state index contributed by atoms with van der Waals surface area (Å²) >= 11 is 1.91. The third kappa shape index (κ3) is 3.60. The maximum atomic E-state index is 5.57. The van der Waals surface area contributed by atoms with Gasteiger partial charge >= 0.3 is 0 Å². The maximum Gasteiger partial charge on any atom is 0.147 e. The zero-order valence-corrected chi connectivity index (χ0v) is 12.9. The van der Waals surface area contributed by atoms with E-state index in [1.54, 1.807) is 0 Å². The zero-order valence-electron chi connectivity index (χ0n) is 12.1. The zero-order chi connectivity index (χ0) is 13.8. The molecule has 4 nitrogen and oxygen atoms in total. The quantitative estimate of drug-likeness (QED) is 0.501. The minimum absolute atomic E-state index is 0.318. The van der Waals surface area contributed by atoms with Crippen molar-refractivity contribution in [3.63, 3.8) is 0 Å². The molecule has 0 aliphatic heterocycles. The molecule has 5 heteroatoms. The average Bonchev–Trinajstić information content (AvgIpc) is 2.42. The van der Waals surface area contributed by atoms with Gasteiger partial charge in [-0.05, 0) is 19.8 Å². The highest BCUT2D eigenvalue weighted by Crippen LogP contribution is 2.35. The third-order valence-electron chi connectivity index (χ3n) is 3.60. The molecule has 1 aliphatic rings. The van der Waals surface area contributed by atoms with Gasteiger partial charge in [0.1, 0.15) is 16.7 Å². The number of nitrogens with one attached hydrogen (secondary N) is 1. The topological polar surface area (TPSA) is 63.8 Å². The number of thioether (sulfide) groups is 1. The van der Waals surface area contributed by atoms with Crippen LogP contribution in [0, 0.1) is 6.92 Å². The summed E-state index contributed by atoms with van der Waals surface area (Å²) in [7, 11) is 0. The van der Waals surface area contributed by atoms with Crippen LogP contribution in [0.2, 0.25) is 0 Å². The Hall–Kier alpha value is -0.810. The fraction of sp³-hybridized carbons (Fsp3) is 0.714. The summed E-state index contributed by atoms with van der Waals surface area (Å²) < 4.78 is 0. The standard InChI is InChI=1S/C14H24N4S/c1-9(2)12-16-13(18-15)10(3)14(17-12)19-11-7-5-4-6-8-11/h9,11H,4-8,15H2,1-3H3,(H,16,17,18). The van der Waals surface area contributed by atoms with Gasteiger partial charge in [-0.25, -0.2) is 15.8 Å². The Morgan fingerprint density at radius 2 is 1.89 bits per heavy atom. The first-order valence-electron chi connectivity index (χ1n) is 7.13. The van der Waals surface area contributed by atoms with E-state index in [2.05, 4.69) is 24.3 Å². The molecule has 3 N–H and O–H groups in total. The normalized spacial score (nSPS) is 16.9. The summed E-state index contributed by atoms with van der Waals surface area (Å²) in [5.41, 5.74) is 3.78. The molecule has 0 spiro atoms. The SMILES string of the molecule is Cc1c(NN)nc(C(C)C)nc1SC1CCCCC1. The lowest BCUT2D eigenvalue weighted by atomic mass is 10.0. The lowest BCUT2D eigenvalue weighted by Gasteiger charge is -2.22. The average molecular weight is 280 g/mol. The molecule has 0 saturated heterocycles. The molecule has 106 valence electrons. The van der Waals surface area contributed by atoms with E-state index in [0.717, 1.165) is 22.2 Å². The van der Waals surface area contributed by atoms with Crippen LogP contribution in [0.15, 0.2) is 5.03 Å². The molecule has 0 atom stereocenters. The molecule has 1 fully saturated rings. The number of hydrogen-bond acceptors (Lipinski definition) is 5. The number of nitrogens with two attached hydrogens (primary N) is 1. The van der Waals surface area contributed by atoms with Crippen molar-refractivity contribution in [1.29, 1.82) is 0 Å². The van der Waals surface area contributed by atoms with Crippen molar-refractivity contribution >= 4 is 17.6 Å². The summed E-state index contributed by atoms with van der Waals surface area (Å²) in [6.07, 6.45) is 6.68. The van der Waals surface area contributed by atoms with Crippen molar-refractivity contribution in [2.45, 2.75) is 69.1 Å². The number of nitrogen functional groups attached to an aromatic ring is 1. The number of nitrogens with zero attached hydrogens (tertiary/aromatic N) is 2. The van der Waals surface area contributed by atoms with Crippen LogP contribution in [0.5, 0.6) is 0 Å². The summed E-state index contributed by atoms with van der Waals surface area (Å²) in [6, 6.07) is 0. The van der Waals surface area contributed by atoms with Crippen LogP contribution in [0.1, 0.15) is 63.3 Å². The fourth-order valence-electron chi connectivity index (χ4n) is 2.37. The molecule has 2 rings (SSSR count). The van der Waals surface area contributed by atoms with Gasteiger partial charge in [0.05, 0.1) is 0 Å². The summed E-state index contributed by atoms with van der Waals surface area (Å²) in [5.74, 6) is 7.52. The van der Waals surface area contributed by atoms with Crippen LogP contribution in [-0.2, 0) is 0 Å². The van der Waals surface area contributed by atoms with Crippen LogP contribution in [0.3, 0.4) is 0 Å². The van der Waals surface area contributed by atoms with E-state index in [-0.39, 0.29) is 0 Å². The molecule has 1 aliphatic carbocycles. The predicted molar refractivity (Wildman–Crippen MR) is 81.4 cm³/mol. The van der Waals surface area contributed by atoms with E-state index in [1.807, 2.05) is 18.7 Å². The Balaban J connectivity index is 2.24. The van der Waals surface area contributed by atoms with Crippen molar-refractivity contribution in [3.05, 3.63) is 11.4 Å². The molecule has 1 saturated carbocycles. The van der Waals surface area contributed by atoms with E-state index in [9.17, 15) is 0 Å². The number of hydrogen-bond donors (Lipinski definition) is 2. The van der Waals surface area contributed by atoms with Crippen LogP contribution in [0.4, 0.5) is 5.82 Å². The first kappa shape index (κ1) is 14.6. The van der Waals surface area contributed by atoms with Crippen LogP contribution in [-0.4, -0.2) is 15.2 Å². The second-order valence-corrected chi connectivity index (χ2v) is 6.83. The molecule has 1 heterocycles. The van der Waals surface area contributed by atoms with Crippen LogP contribution in [0.25, 0.3) is 0 Å². The van der Waals surface area contributed by atoms with Gasteiger partial charge in [0.15, 0.2) is 0 Å². The number of anilines is 1. The van der Waals surface area contributed by atoms with Gasteiger partial charge in [0.2, 0.25) is 0 Å². The molecule has 0 amide bonds. The minimum atomic E-state index is 0.318. The Bertz CT molecular complexity index is 428. The van der Waals surface area contributed by atoms with Crippen molar-refractivity contribution in [1.82, 2.24) is 9.97 Å². The molecule has 1 aromatic heterocycles. The highest BCUT2D eigenvalue weighted by molar-refractivity contribution is 7.99. The van der Waals surface area contributed by atoms with Gasteiger partial charge in [-0.15, -0.1) is 11.8 Å². The Morgan fingerprint density at radius 3 is 2.47 bits per heavy atom. The van der Waals surface area contributed by atoms with Crippen molar-refractivity contribution in [2.24, 2.45) is 5.84 Å². The third-order valence-corrected chi connectivity index (χ3v) is 5.03. The largest absolute Gasteiger partial charge is 0.308 e. The number of rotatable bonds is 4. The minimum Gasteiger partial charge on any atom is -0.308 e. The highest BCUT2D eigenvalue weighted by atomic mass is 32.2. The van der Waals surface area contributed by atoms with E-state index in [1.165, 1.54) is 32.1 Å². The van der Waals surface area contributed by atoms with E-state index in [0.29, 0.717) is 11.2 Å². The molecular weight excluding hydrogens is 256 g/mol. The Morgan fingerprint density at radius 1 is 1.21 bits per heavy atom. The molecule has 1 aromatic rings. The van der Waals surface area contributed by atoms with Crippen molar-refractivity contribution < 1.29 is 0 Å². The smallest absolute Gasteiger partial charge is 0.147 e. The maximum absolute atomic E-state index is 5.57. The molecule has 19 heavy (non-hydrogen) atoms. The number of aromatic nitrogens is 2. The fourth-order valence-corrected chi connectivity index (χ4v) is 3.67. The van der Waals surface area contributed by atoms with Gasteiger partial charge < -0.3 is 5.43 Å².